The minimum Gasteiger partial charge on any atom is -0.445 e. The Kier molecular flexibility index (Phi) is 5.06. The molecule has 5 nitrogen and oxygen atoms in total. The van der Waals surface area contributed by atoms with Gasteiger partial charge in [0.2, 0.25) is 0 Å². The van der Waals surface area contributed by atoms with Gasteiger partial charge < -0.3 is 14.7 Å². The van der Waals surface area contributed by atoms with Gasteiger partial charge in [0.15, 0.2) is 0 Å². The van der Waals surface area contributed by atoms with Gasteiger partial charge in [-0.2, -0.15) is 5.26 Å². The number of carbonyl (C=O) groups excluding carboxylic acids is 1. The van der Waals surface area contributed by atoms with Crippen LogP contribution in [-0.4, -0.2) is 33.8 Å². The van der Waals surface area contributed by atoms with Gasteiger partial charge >= 0.3 is 6.09 Å². The molecule has 1 N–H and O–H groups in total. The predicted octanol–water partition coefficient (Wildman–Crippen LogP) is 3.37. The fraction of sp³-hybridized carbons (Fsp3) is 0.579. The van der Waals surface area contributed by atoms with Gasteiger partial charge in [-0.15, -0.1) is 0 Å². The molecule has 2 atom stereocenters. The topological polar surface area (TPSA) is 73.6 Å². The smallest absolute Gasteiger partial charge is 0.410 e. The van der Waals surface area contributed by atoms with Crippen molar-refractivity contribution in [3.8, 4) is 6.07 Å². The molecule has 2 saturated heterocycles. The first-order chi connectivity index (χ1) is 11.6. The molecule has 0 saturated carbocycles. The molecule has 0 aromatic heterocycles. The molecule has 0 spiro atoms. The molecule has 24 heavy (non-hydrogen) atoms. The van der Waals surface area contributed by atoms with E-state index in [1.165, 1.54) is 0 Å². The normalized spacial score (nSPS) is 28.4. The van der Waals surface area contributed by atoms with Gasteiger partial charge in [0, 0.05) is 18.5 Å². The highest BCUT2D eigenvalue weighted by atomic mass is 16.6. The molecule has 2 aliphatic rings. The zero-order valence-electron chi connectivity index (χ0n) is 13.9. The lowest BCUT2D eigenvalue weighted by atomic mass is 9.82. The molecule has 1 aromatic rings. The van der Waals surface area contributed by atoms with Crippen molar-refractivity contribution in [3.05, 3.63) is 35.9 Å². The van der Waals surface area contributed by atoms with Crippen LogP contribution in [-0.2, 0) is 11.3 Å². The number of hydrogen-bond donors (Lipinski definition) is 1. The highest BCUT2D eigenvalue weighted by molar-refractivity contribution is 5.69. The molecule has 2 aliphatic heterocycles. The Balaban J connectivity index is 1.56. The third kappa shape index (κ3) is 3.70. The van der Waals surface area contributed by atoms with Crippen molar-refractivity contribution in [3.63, 3.8) is 0 Å². The summed E-state index contributed by atoms with van der Waals surface area (Å²) >= 11 is 0. The zero-order chi connectivity index (χ0) is 17.0. The number of aliphatic hydroxyl groups is 1. The molecule has 2 bridgehead atoms. The predicted molar refractivity (Wildman–Crippen MR) is 88.9 cm³/mol. The van der Waals surface area contributed by atoms with E-state index in [9.17, 15) is 9.90 Å². The van der Waals surface area contributed by atoms with Crippen LogP contribution in [0.4, 0.5) is 4.79 Å². The van der Waals surface area contributed by atoms with Crippen LogP contribution in [0.1, 0.15) is 50.5 Å². The Bertz CT molecular complexity index is 597. The summed E-state index contributed by atoms with van der Waals surface area (Å²) in [7, 11) is 0. The first-order valence-corrected chi connectivity index (χ1v) is 8.70. The number of unbranched alkanes of at least 4 members (excludes halogenated alkanes) is 1. The number of fused-ring (bicyclic) bond motifs is 2. The maximum absolute atomic E-state index is 12.5. The molecule has 1 aromatic carbocycles. The standard InChI is InChI=1S/C19H24N2O3/c20-11-5-4-10-19(23)12-16-8-9-17(13-19)21(16)18(22)24-14-15-6-2-1-3-7-15/h1-3,6-7,16-17,23H,4-5,8-10,12-14H2. The highest BCUT2D eigenvalue weighted by Gasteiger charge is 2.49. The summed E-state index contributed by atoms with van der Waals surface area (Å²) in [4.78, 5) is 14.3. The van der Waals surface area contributed by atoms with Gasteiger partial charge in [0.1, 0.15) is 6.61 Å². The summed E-state index contributed by atoms with van der Waals surface area (Å²) in [6.45, 7) is 0.280. The number of nitriles is 1. The zero-order valence-corrected chi connectivity index (χ0v) is 13.9. The number of benzene rings is 1. The number of hydrogen-bond acceptors (Lipinski definition) is 4. The van der Waals surface area contributed by atoms with E-state index in [1.807, 2.05) is 35.2 Å². The molecule has 5 heteroatoms. The monoisotopic (exact) mass is 328 g/mol. The van der Waals surface area contributed by atoms with Crippen LogP contribution in [0.3, 0.4) is 0 Å². The van der Waals surface area contributed by atoms with E-state index >= 15 is 0 Å². The van der Waals surface area contributed by atoms with Gasteiger partial charge in [0.25, 0.3) is 0 Å². The van der Waals surface area contributed by atoms with Crippen molar-refractivity contribution in [2.24, 2.45) is 0 Å². The van der Waals surface area contributed by atoms with Crippen molar-refractivity contribution >= 4 is 6.09 Å². The summed E-state index contributed by atoms with van der Waals surface area (Å²) in [6, 6.07) is 11.9. The van der Waals surface area contributed by atoms with E-state index < -0.39 is 5.60 Å². The van der Waals surface area contributed by atoms with E-state index in [2.05, 4.69) is 6.07 Å². The molecule has 0 radical (unpaired) electrons. The van der Waals surface area contributed by atoms with E-state index in [-0.39, 0.29) is 24.8 Å². The van der Waals surface area contributed by atoms with Gasteiger partial charge in [0.05, 0.1) is 11.7 Å². The Labute approximate surface area is 142 Å². The van der Waals surface area contributed by atoms with Crippen LogP contribution in [0.2, 0.25) is 0 Å². The minimum absolute atomic E-state index is 0.0547. The van der Waals surface area contributed by atoms with E-state index in [4.69, 9.17) is 10.00 Å². The molecule has 1 amide bonds. The minimum atomic E-state index is -0.737. The summed E-state index contributed by atoms with van der Waals surface area (Å²) in [5.74, 6) is 0. The van der Waals surface area contributed by atoms with Gasteiger partial charge in [-0.3, -0.25) is 0 Å². The van der Waals surface area contributed by atoms with Crippen molar-refractivity contribution < 1.29 is 14.6 Å². The average Bonchev–Trinajstić information content (AvgIpc) is 2.86. The summed E-state index contributed by atoms with van der Waals surface area (Å²) in [5, 5.41) is 19.5. The van der Waals surface area contributed by atoms with E-state index in [0.717, 1.165) is 18.4 Å². The molecular weight excluding hydrogens is 304 g/mol. The lowest BCUT2D eigenvalue weighted by Crippen LogP contribution is -2.53. The maximum atomic E-state index is 12.5. The Hall–Kier alpha value is -2.06. The number of rotatable bonds is 5. The molecular formula is C19H24N2O3. The van der Waals surface area contributed by atoms with Crippen LogP contribution >= 0.6 is 0 Å². The van der Waals surface area contributed by atoms with Crippen LogP contribution in [0.25, 0.3) is 0 Å². The second-order valence-corrected chi connectivity index (χ2v) is 6.98. The SMILES string of the molecule is N#CCCCC1(O)CC2CCC(C1)N2C(=O)OCc1ccccc1. The van der Waals surface area contributed by atoms with Crippen LogP contribution < -0.4 is 0 Å². The van der Waals surface area contributed by atoms with Gasteiger partial charge in [-0.25, -0.2) is 4.79 Å². The molecule has 3 rings (SSSR count). The molecule has 2 heterocycles. The third-order valence-electron chi connectivity index (χ3n) is 5.20. The lowest BCUT2D eigenvalue weighted by molar-refractivity contribution is -0.0548. The van der Waals surface area contributed by atoms with E-state index in [0.29, 0.717) is 32.1 Å². The second-order valence-electron chi connectivity index (χ2n) is 6.98. The summed E-state index contributed by atoms with van der Waals surface area (Å²) in [5.41, 5.74) is 0.238. The average molecular weight is 328 g/mol. The number of nitrogens with zero attached hydrogens (tertiary/aromatic N) is 2. The second kappa shape index (κ2) is 7.23. The molecule has 2 fully saturated rings. The highest BCUT2D eigenvalue weighted by Crippen LogP contribution is 2.43. The molecule has 0 aliphatic carbocycles. The van der Waals surface area contributed by atoms with Gasteiger partial charge in [-0.05, 0) is 44.1 Å². The number of ether oxygens (including phenoxy) is 1. The summed E-state index contributed by atoms with van der Waals surface area (Å²) < 4.78 is 5.48. The van der Waals surface area contributed by atoms with Crippen LogP contribution in [0.5, 0.6) is 0 Å². The van der Waals surface area contributed by atoms with Crippen LogP contribution in [0.15, 0.2) is 30.3 Å². The molecule has 128 valence electrons. The Morgan fingerprint density at radius 3 is 2.58 bits per heavy atom. The van der Waals surface area contributed by atoms with Crippen molar-refractivity contribution in [1.29, 1.82) is 5.26 Å². The largest absolute Gasteiger partial charge is 0.445 e. The lowest BCUT2D eigenvalue weighted by Gasteiger charge is -2.43. The van der Waals surface area contributed by atoms with Crippen molar-refractivity contribution in [1.82, 2.24) is 4.90 Å². The van der Waals surface area contributed by atoms with Crippen LogP contribution in [0, 0.1) is 11.3 Å². The number of amides is 1. The Morgan fingerprint density at radius 1 is 1.29 bits per heavy atom. The number of piperidine rings is 1. The Morgan fingerprint density at radius 2 is 1.96 bits per heavy atom. The fourth-order valence-corrected chi connectivity index (χ4v) is 4.12. The van der Waals surface area contributed by atoms with E-state index in [1.54, 1.807) is 0 Å². The van der Waals surface area contributed by atoms with Crippen molar-refractivity contribution in [2.75, 3.05) is 0 Å². The maximum Gasteiger partial charge on any atom is 0.410 e. The third-order valence-corrected chi connectivity index (χ3v) is 5.20. The number of carbonyl (C=O) groups is 1. The molecule has 2 unspecified atom stereocenters. The summed E-state index contributed by atoms with van der Waals surface area (Å²) in [6.07, 6.45) is 4.58. The first kappa shape index (κ1) is 16.8. The first-order valence-electron chi connectivity index (χ1n) is 8.70. The quantitative estimate of drug-likeness (QED) is 0.841. The van der Waals surface area contributed by atoms with Gasteiger partial charge in [-0.1, -0.05) is 30.3 Å². The van der Waals surface area contributed by atoms with Crippen molar-refractivity contribution in [2.45, 2.75) is 69.2 Å². The fourth-order valence-electron chi connectivity index (χ4n) is 4.12.